The number of hydrogen-bond acceptors (Lipinski definition) is 7. The number of anilines is 1. The molecular formula is C40H63N5O3. The molecule has 2 aromatic carbocycles. The zero-order chi connectivity index (χ0) is 34.9. The number of rotatable bonds is 14. The highest BCUT2D eigenvalue weighted by atomic mass is 16.7. The van der Waals surface area contributed by atoms with E-state index in [2.05, 4.69) is 114 Å². The smallest absolute Gasteiger partial charge is 0.240 e. The van der Waals surface area contributed by atoms with Crippen molar-refractivity contribution in [3.05, 3.63) is 47.5 Å². The van der Waals surface area contributed by atoms with Crippen molar-refractivity contribution in [2.24, 2.45) is 40.7 Å². The molecule has 1 amide bonds. The first kappa shape index (κ1) is 36.6. The molecule has 1 saturated heterocycles. The second-order valence-corrected chi connectivity index (χ2v) is 16.3. The van der Waals surface area contributed by atoms with E-state index in [0.717, 1.165) is 54.7 Å². The number of fused-ring (bicyclic) bond motifs is 2. The Kier molecular flexibility index (Phi) is 11.5. The maximum absolute atomic E-state index is 14.3. The molecule has 3 aliphatic carbocycles. The Bertz CT molecular complexity index is 1410. The summed E-state index contributed by atoms with van der Waals surface area (Å²) in [6.07, 6.45) is 5.44. The van der Waals surface area contributed by atoms with Crippen LogP contribution in [0, 0.1) is 35.0 Å². The number of aryl methyl sites for hydroxylation is 1. The lowest BCUT2D eigenvalue weighted by Gasteiger charge is -2.62. The molecule has 48 heavy (non-hydrogen) atoms. The van der Waals surface area contributed by atoms with Gasteiger partial charge in [-0.05, 0) is 105 Å². The third-order valence-electron chi connectivity index (χ3n) is 12.1. The first-order chi connectivity index (χ1) is 22.8. The molecule has 6 rings (SSSR count). The van der Waals surface area contributed by atoms with Crippen molar-refractivity contribution in [2.75, 3.05) is 53.3 Å². The summed E-state index contributed by atoms with van der Waals surface area (Å²) in [6.45, 7) is 13.4. The average molecular weight is 662 g/mol. The first-order valence-electron chi connectivity index (χ1n) is 18.3. The van der Waals surface area contributed by atoms with Crippen molar-refractivity contribution >= 4 is 11.6 Å². The summed E-state index contributed by atoms with van der Waals surface area (Å²) in [6, 6.07) is 12.9. The highest BCUT2D eigenvalue weighted by molar-refractivity contribution is 5.83. The van der Waals surface area contributed by atoms with Gasteiger partial charge in [-0.3, -0.25) is 9.63 Å². The van der Waals surface area contributed by atoms with Crippen LogP contribution in [0.2, 0.25) is 0 Å². The summed E-state index contributed by atoms with van der Waals surface area (Å²) in [5.41, 5.74) is 12.3. The van der Waals surface area contributed by atoms with Crippen LogP contribution in [-0.4, -0.2) is 82.4 Å². The third kappa shape index (κ3) is 7.42. The highest BCUT2D eigenvalue weighted by Crippen LogP contribution is 2.61. The lowest BCUT2D eigenvalue weighted by molar-refractivity contribution is -0.175. The van der Waals surface area contributed by atoms with E-state index in [-0.39, 0.29) is 29.9 Å². The number of amides is 1. The molecule has 4 aliphatic rings. The summed E-state index contributed by atoms with van der Waals surface area (Å²) in [5, 5.41) is 5.44. The number of benzene rings is 2. The maximum atomic E-state index is 14.3. The van der Waals surface area contributed by atoms with Gasteiger partial charge in [0.1, 0.15) is 11.8 Å². The van der Waals surface area contributed by atoms with Crippen LogP contribution in [0.15, 0.2) is 36.4 Å². The number of nitrogens with zero attached hydrogens (tertiary/aromatic N) is 3. The van der Waals surface area contributed by atoms with Gasteiger partial charge >= 0.3 is 0 Å². The molecule has 8 nitrogen and oxygen atoms in total. The van der Waals surface area contributed by atoms with E-state index in [1.54, 1.807) is 7.11 Å². The predicted molar refractivity (Wildman–Crippen MR) is 197 cm³/mol. The van der Waals surface area contributed by atoms with E-state index in [0.29, 0.717) is 36.3 Å². The van der Waals surface area contributed by atoms with Crippen LogP contribution in [-0.2, 0) is 22.6 Å². The Hall–Kier alpha value is -2.65. The van der Waals surface area contributed by atoms with Gasteiger partial charge in [-0.25, -0.2) is 0 Å². The Morgan fingerprint density at radius 3 is 2.48 bits per heavy atom. The van der Waals surface area contributed by atoms with Crippen LogP contribution in [0.25, 0.3) is 11.1 Å². The summed E-state index contributed by atoms with van der Waals surface area (Å²) in [4.78, 5) is 25.3. The number of carbonyl (C=O) groups is 1. The molecule has 0 unspecified atom stereocenters. The predicted octanol–water partition coefficient (Wildman–Crippen LogP) is 6.21. The fraction of sp³-hybridized carbons (Fsp3) is 0.675. The van der Waals surface area contributed by atoms with Gasteiger partial charge in [-0.1, -0.05) is 58.9 Å². The van der Waals surface area contributed by atoms with Crippen molar-refractivity contribution in [2.45, 2.75) is 91.5 Å². The molecule has 0 spiro atoms. The van der Waals surface area contributed by atoms with Crippen LogP contribution in [0.3, 0.4) is 0 Å². The molecule has 2 aromatic rings. The number of nitrogens with two attached hydrogens (primary N) is 1. The van der Waals surface area contributed by atoms with Gasteiger partial charge in [0, 0.05) is 49.4 Å². The second kappa shape index (κ2) is 15.1. The molecule has 1 aliphatic heterocycles. The third-order valence-corrected chi connectivity index (χ3v) is 12.1. The topological polar surface area (TPSA) is 83.3 Å². The number of methoxy groups -OCH3 is 1. The van der Waals surface area contributed by atoms with Gasteiger partial charge in [-0.2, -0.15) is 5.06 Å². The minimum atomic E-state index is -0.434. The number of hydrogen-bond donors (Lipinski definition) is 2. The van der Waals surface area contributed by atoms with Gasteiger partial charge in [0.15, 0.2) is 0 Å². The fourth-order valence-corrected chi connectivity index (χ4v) is 9.08. The largest absolute Gasteiger partial charge is 0.496 e. The van der Waals surface area contributed by atoms with Gasteiger partial charge < -0.3 is 25.6 Å². The van der Waals surface area contributed by atoms with Gasteiger partial charge in [0.2, 0.25) is 5.91 Å². The number of carbonyl (C=O) groups excluding carboxylic acids is 1. The average Bonchev–Trinajstić information content (AvgIpc) is 3.42. The van der Waals surface area contributed by atoms with Crippen molar-refractivity contribution < 1.29 is 14.4 Å². The number of nitrogens with one attached hydrogen (secondary N) is 1. The molecule has 4 fully saturated rings. The summed E-state index contributed by atoms with van der Waals surface area (Å²) in [5.74, 6) is 2.89. The van der Waals surface area contributed by atoms with Crippen molar-refractivity contribution in [3.63, 3.8) is 0 Å². The Morgan fingerprint density at radius 2 is 1.88 bits per heavy atom. The van der Waals surface area contributed by atoms with E-state index in [9.17, 15) is 4.79 Å². The summed E-state index contributed by atoms with van der Waals surface area (Å²) < 4.78 is 6.17. The number of unbranched alkanes of at least 4 members (excludes halogenated alkanes) is 1. The van der Waals surface area contributed by atoms with Crippen molar-refractivity contribution in [1.29, 1.82) is 0 Å². The molecule has 266 valence electrons. The highest BCUT2D eigenvalue weighted by Gasteiger charge is 2.57. The standard InChI is InChI=1S/C40H63N5O3/c1-25(2)36-35(23-41)48-45(37(36)39(46)42-34-22-30-21-33(26(34)3)40(30,4)5)24-28-15-13-16-32(38(28)47-10)29-18-27(14-11-12-17-43(6)7)19-31(20-29)44(8)9/h13,15-16,18-20,25-26,30,33-37H,11-12,14,17,21-24,41H2,1-10H3,(H,42,46)/t26-,30+,33-,34-,35-,36-,37-/m0/s1. The summed E-state index contributed by atoms with van der Waals surface area (Å²) >= 11 is 0. The lowest BCUT2D eigenvalue weighted by atomic mass is 9.45. The van der Waals surface area contributed by atoms with Gasteiger partial charge in [-0.15, -0.1) is 0 Å². The molecule has 7 atom stereocenters. The molecule has 1 heterocycles. The molecule has 3 saturated carbocycles. The van der Waals surface area contributed by atoms with E-state index in [4.69, 9.17) is 15.3 Å². The number of ether oxygens (including phenoxy) is 1. The molecule has 8 heteroatoms. The Morgan fingerprint density at radius 1 is 1.12 bits per heavy atom. The minimum Gasteiger partial charge on any atom is -0.496 e. The second-order valence-electron chi connectivity index (χ2n) is 16.3. The van der Waals surface area contributed by atoms with Gasteiger partial charge in [0.25, 0.3) is 0 Å². The zero-order valence-corrected chi connectivity index (χ0v) is 31.4. The zero-order valence-electron chi connectivity index (χ0n) is 31.4. The molecule has 0 aromatic heterocycles. The SMILES string of the molecule is COc1c(CN2O[C@@H](CN)[C@H](C(C)C)[C@H]2C(=O)N[C@H]2C[C@H]3C[C@@H]([C@@H]2C)C3(C)C)cccc1-c1cc(CCCCN(C)C)cc(N(C)C)c1. The Labute approximate surface area is 290 Å². The molecule has 2 bridgehead atoms. The van der Waals surface area contributed by atoms with Crippen molar-refractivity contribution in [1.82, 2.24) is 15.3 Å². The van der Waals surface area contributed by atoms with Gasteiger partial charge in [0.05, 0.1) is 19.8 Å². The van der Waals surface area contributed by atoms with E-state index >= 15 is 0 Å². The quantitative estimate of drug-likeness (QED) is 0.233. The van der Waals surface area contributed by atoms with Crippen molar-refractivity contribution in [3.8, 4) is 16.9 Å². The molecular weight excluding hydrogens is 598 g/mol. The lowest BCUT2D eigenvalue weighted by Crippen LogP contribution is -2.62. The Balaban J connectivity index is 1.42. The van der Waals surface area contributed by atoms with Crippen LogP contribution >= 0.6 is 0 Å². The number of hydroxylamine groups is 2. The number of para-hydroxylation sites is 1. The fourth-order valence-electron chi connectivity index (χ4n) is 9.08. The molecule has 3 N–H and O–H groups in total. The van der Waals surface area contributed by atoms with E-state index in [1.807, 2.05) is 5.06 Å². The minimum absolute atomic E-state index is 0.0131. The van der Waals surface area contributed by atoms with Crippen LogP contribution in [0.1, 0.15) is 71.4 Å². The summed E-state index contributed by atoms with van der Waals surface area (Å²) in [7, 11) is 10.2. The van der Waals surface area contributed by atoms with Crippen LogP contribution in [0.5, 0.6) is 5.75 Å². The van der Waals surface area contributed by atoms with Crippen LogP contribution in [0.4, 0.5) is 5.69 Å². The normalized spacial score (nSPS) is 28.1. The maximum Gasteiger partial charge on any atom is 0.240 e. The molecule has 0 radical (unpaired) electrons. The van der Waals surface area contributed by atoms with E-state index in [1.165, 1.54) is 17.7 Å². The first-order valence-corrected chi connectivity index (χ1v) is 18.3. The monoisotopic (exact) mass is 661 g/mol. The van der Waals surface area contributed by atoms with Crippen LogP contribution < -0.4 is 20.7 Å². The van der Waals surface area contributed by atoms with E-state index < -0.39 is 6.04 Å².